The number of furan rings is 2. The first kappa shape index (κ1) is 38.3. The molecule has 52 heavy (non-hydrogen) atoms. The monoisotopic (exact) mass is 816 g/mol. The number of halogens is 2. The van der Waals surface area contributed by atoms with Crippen molar-refractivity contribution in [3.05, 3.63) is 165 Å². The average molecular weight is 819 g/mol. The van der Waals surface area contributed by atoms with E-state index in [2.05, 4.69) is 164 Å². The van der Waals surface area contributed by atoms with Crippen LogP contribution in [-0.4, -0.2) is 5.43 Å². The third kappa shape index (κ3) is 6.45. The maximum Gasteiger partial charge on any atom is -1.00 e. The summed E-state index contributed by atoms with van der Waals surface area (Å²) in [7, 11) is 0. The first-order valence-electron chi connectivity index (χ1n) is 17.8. The smallest absolute Gasteiger partial charge is 1.00 e. The van der Waals surface area contributed by atoms with E-state index in [0.29, 0.717) is 7.25 Å². The third-order valence-corrected chi connectivity index (χ3v) is 30.3. The summed E-state index contributed by atoms with van der Waals surface area (Å²) in [4.78, 5) is 0. The summed E-state index contributed by atoms with van der Waals surface area (Å²) in [5.41, 5.74) is 18.6. The van der Waals surface area contributed by atoms with Crippen molar-refractivity contribution >= 4 is 28.7 Å². The molecular formula is C46H44Cl2O2SiZr. The van der Waals surface area contributed by atoms with Gasteiger partial charge in [0.15, 0.2) is 0 Å². The molecule has 2 aromatic heterocycles. The molecule has 6 aromatic rings. The number of aryl methyl sites for hydroxylation is 4. The Labute approximate surface area is 329 Å². The Morgan fingerprint density at radius 3 is 1.23 bits per heavy atom. The maximum absolute atomic E-state index is 6.56. The molecule has 4 aromatic carbocycles. The molecule has 2 heterocycles. The van der Waals surface area contributed by atoms with E-state index in [4.69, 9.17) is 8.83 Å². The fourth-order valence-electron chi connectivity index (χ4n) is 8.50. The van der Waals surface area contributed by atoms with E-state index >= 15 is 0 Å². The third-order valence-electron chi connectivity index (χ3n) is 11.1. The zero-order valence-electron chi connectivity index (χ0n) is 31.1. The van der Waals surface area contributed by atoms with E-state index in [9.17, 15) is 0 Å². The Morgan fingerprint density at radius 2 is 0.904 bits per heavy atom. The number of fused-ring (bicyclic) bond motifs is 2. The molecule has 0 spiro atoms. The Kier molecular flexibility index (Phi) is 11.2. The van der Waals surface area contributed by atoms with Gasteiger partial charge in [-0.1, -0.05) is 0 Å². The van der Waals surface area contributed by atoms with Gasteiger partial charge in [0.05, 0.1) is 0 Å². The Bertz CT molecular complexity index is 2250. The van der Waals surface area contributed by atoms with Crippen molar-refractivity contribution in [1.29, 1.82) is 0 Å². The van der Waals surface area contributed by atoms with Gasteiger partial charge in [-0.15, -0.1) is 0 Å². The molecule has 2 atom stereocenters. The zero-order chi connectivity index (χ0) is 34.8. The van der Waals surface area contributed by atoms with Crippen molar-refractivity contribution in [1.82, 2.24) is 0 Å². The van der Waals surface area contributed by atoms with Crippen LogP contribution in [0.2, 0.25) is 13.1 Å². The van der Waals surface area contributed by atoms with Crippen LogP contribution in [0.3, 0.4) is 0 Å². The SMILES string of the molecule is Cc1ccc(C2=Cc3c(cc(C)c(C)c3-c3ccccc3)[CH]2[Zr+2]([CH]2C(c3ccc(C)o3)=Cc3c2cc(C)c(C)c3-c2ccccc2)=[Si](C)C)o1.[Cl-].[Cl-]. The predicted octanol–water partition coefficient (Wildman–Crippen LogP) is 6.83. The van der Waals surface area contributed by atoms with Crippen LogP contribution in [-0.2, 0) is 20.4 Å². The standard InChI is InChI=1S/2C22H19O.C2H6Si.2ClH.Zr/c2*1-14-11-18-12-19(21-10-9-15(2)23-21)13-20(18)22(16(14)3)17-7-5-4-6-8-17;1-3-2;;;/h2*4-13H,1-3H3;1-2H3;2*1H;/q;;;;;+2/p-2. The largest absolute Gasteiger partial charge is 1.00 e. The summed E-state index contributed by atoms with van der Waals surface area (Å²) in [6.45, 7) is 18.6. The summed E-state index contributed by atoms with van der Waals surface area (Å²) in [6, 6.07) is 35.8. The molecule has 262 valence electrons. The quantitative estimate of drug-likeness (QED) is 0.173. The van der Waals surface area contributed by atoms with E-state index < -0.39 is 25.8 Å². The minimum Gasteiger partial charge on any atom is -1.00 e. The molecule has 0 fully saturated rings. The molecule has 8 rings (SSSR count). The molecule has 0 saturated heterocycles. The minimum absolute atomic E-state index is 0. The maximum atomic E-state index is 6.56. The van der Waals surface area contributed by atoms with E-state index in [0.717, 1.165) is 23.0 Å². The second-order valence-corrected chi connectivity index (χ2v) is 32.3. The summed E-state index contributed by atoms with van der Waals surface area (Å²) in [5, 5.41) is 0. The molecular weight excluding hydrogens is 775 g/mol. The van der Waals surface area contributed by atoms with Gasteiger partial charge in [0.2, 0.25) is 0 Å². The van der Waals surface area contributed by atoms with Crippen molar-refractivity contribution in [3.8, 4) is 22.3 Å². The molecule has 0 radical (unpaired) electrons. The van der Waals surface area contributed by atoms with Gasteiger partial charge >= 0.3 is 307 Å². The number of benzene rings is 4. The molecule has 0 saturated carbocycles. The molecule has 2 unspecified atom stereocenters. The molecule has 2 aliphatic carbocycles. The van der Waals surface area contributed by atoms with E-state index in [1.165, 1.54) is 77.9 Å². The van der Waals surface area contributed by atoms with Crippen LogP contribution in [0.1, 0.15) is 74.8 Å². The van der Waals surface area contributed by atoms with Gasteiger partial charge in [-0.2, -0.15) is 0 Å². The second kappa shape index (κ2) is 15.2. The normalized spacial score (nSPS) is 15.4. The van der Waals surface area contributed by atoms with Crippen molar-refractivity contribution < 1.29 is 54.0 Å². The van der Waals surface area contributed by atoms with Gasteiger partial charge in [-0.05, 0) is 0 Å². The van der Waals surface area contributed by atoms with Crippen molar-refractivity contribution in [2.75, 3.05) is 0 Å². The zero-order valence-corrected chi connectivity index (χ0v) is 36.1. The Balaban J connectivity index is 0.00000232. The number of hydrogen-bond acceptors (Lipinski definition) is 2. The molecule has 0 N–H and O–H groups in total. The van der Waals surface area contributed by atoms with Crippen molar-refractivity contribution in [2.45, 2.75) is 61.9 Å². The van der Waals surface area contributed by atoms with Crippen LogP contribution in [0, 0.1) is 41.5 Å². The summed E-state index contributed by atoms with van der Waals surface area (Å²) in [5.74, 6) is 3.99. The van der Waals surface area contributed by atoms with Crippen LogP contribution in [0.5, 0.6) is 0 Å². The minimum atomic E-state index is -2.65. The van der Waals surface area contributed by atoms with Crippen LogP contribution < -0.4 is 24.8 Å². The Hall–Kier alpha value is -3.40. The van der Waals surface area contributed by atoms with Gasteiger partial charge in [-0.25, -0.2) is 0 Å². The molecule has 0 amide bonds. The van der Waals surface area contributed by atoms with Crippen molar-refractivity contribution in [3.63, 3.8) is 0 Å². The fraction of sp³-hybridized carbons (Fsp3) is 0.217. The Morgan fingerprint density at radius 1 is 0.519 bits per heavy atom. The first-order valence-corrected chi connectivity index (χ1v) is 26.8. The predicted molar refractivity (Wildman–Crippen MR) is 208 cm³/mol. The van der Waals surface area contributed by atoms with Gasteiger partial charge in [0.25, 0.3) is 0 Å². The first-order chi connectivity index (χ1) is 24.1. The number of rotatable bonds is 6. The van der Waals surface area contributed by atoms with Gasteiger partial charge in [-0.3, -0.25) is 0 Å². The van der Waals surface area contributed by atoms with Crippen molar-refractivity contribution in [2.24, 2.45) is 0 Å². The second-order valence-electron chi connectivity index (χ2n) is 14.5. The van der Waals surface area contributed by atoms with E-state index in [-0.39, 0.29) is 24.8 Å². The molecule has 0 bridgehead atoms. The molecule has 0 aliphatic heterocycles. The molecule has 2 nitrogen and oxygen atoms in total. The number of hydrogen-bond donors (Lipinski definition) is 0. The summed E-state index contributed by atoms with van der Waals surface area (Å²) < 4.78 is 13.8. The van der Waals surface area contributed by atoms with Crippen LogP contribution >= 0.6 is 0 Å². The van der Waals surface area contributed by atoms with Crippen LogP contribution in [0.15, 0.2) is 106 Å². The summed E-state index contributed by atoms with van der Waals surface area (Å²) in [6.07, 6.45) is 5.04. The van der Waals surface area contributed by atoms with Crippen LogP contribution in [0.25, 0.3) is 45.6 Å². The topological polar surface area (TPSA) is 26.3 Å². The van der Waals surface area contributed by atoms with E-state index in [1.807, 2.05) is 0 Å². The van der Waals surface area contributed by atoms with Gasteiger partial charge in [0.1, 0.15) is 0 Å². The van der Waals surface area contributed by atoms with Gasteiger partial charge in [0, 0.05) is 0 Å². The summed E-state index contributed by atoms with van der Waals surface area (Å²) >= 11 is -2.65. The fourth-order valence-corrected chi connectivity index (χ4v) is 28.2. The molecule has 6 heteroatoms. The number of allylic oxidation sites excluding steroid dienone is 2. The van der Waals surface area contributed by atoms with Crippen LogP contribution in [0.4, 0.5) is 0 Å². The molecule has 2 aliphatic rings. The van der Waals surface area contributed by atoms with E-state index in [1.54, 1.807) is 0 Å². The average Bonchev–Trinajstić information content (AvgIpc) is 3.90. The van der Waals surface area contributed by atoms with Gasteiger partial charge < -0.3 is 24.8 Å².